The molecule has 3 aromatic rings. The lowest BCUT2D eigenvalue weighted by Crippen LogP contribution is -2.35. The fourth-order valence-corrected chi connectivity index (χ4v) is 3.80. The lowest BCUT2D eigenvalue weighted by molar-refractivity contribution is -0.121. The summed E-state index contributed by atoms with van der Waals surface area (Å²) >= 11 is 0. The predicted molar refractivity (Wildman–Crippen MR) is 155 cm³/mol. The number of rotatable bonds is 12. The number of anilines is 2. The van der Waals surface area contributed by atoms with Crippen molar-refractivity contribution in [1.29, 1.82) is 5.41 Å². The molecule has 0 bridgehead atoms. The molecule has 3 rings (SSSR count). The highest BCUT2D eigenvalue weighted by Gasteiger charge is 2.18. The summed E-state index contributed by atoms with van der Waals surface area (Å²) < 4.78 is 1.25. The molecule has 0 aliphatic rings. The van der Waals surface area contributed by atoms with E-state index < -0.39 is 17.5 Å². The second kappa shape index (κ2) is 13.4. The highest BCUT2D eigenvalue weighted by Crippen LogP contribution is 2.23. The second-order valence-corrected chi connectivity index (χ2v) is 9.63. The molecule has 0 spiro atoms. The zero-order valence-corrected chi connectivity index (χ0v) is 22.8. The van der Waals surface area contributed by atoms with Crippen LogP contribution in [-0.2, 0) is 17.9 Å². The van der Waals surface area contributed by atoms with Gasteiger partial charge in [-0.3, -0.25) is 24.4 Å². The molecular weight excluding hydrogens is 512 g/mol. The van der Waals surface area contributed by atoms with Gasteiger partial charge in [-0.25, -0.2) is 4.98 Å². The SMILES string of the molecule is CC[C@H](C)NC(=O)c1cc(N)cc(-c2cnc(N[C@@H](C)CO)c(=O)n2CC(=O)NCc2ccc(C(=N)N)cc2)c1. The van der Waals surface area contributed by atoms with Crippen LogP contribution < -0.4 is 33.0 Å². The maximum Gasteiger partial charge on any atom is 0.294 e. The average Bonchev–Trinajstić information content (AvgIpc) is 2.93. The molecule has 2 aromatic carbocycles. The number of hydrogen-bond acceptors (Lipinski definition) is 8. The van der Waals surface area contributed by atoms with E-state index in [1.807, 2.05) is 13.8 Å². The van der Waals surface area contributed by atoms with E-state index in [1.165, 1.54) is 10.8 Å². The van der Waals surface area contributed by atoms with Crippen LogP contribution >= 0.6 is 0 Å². The Labute approximate surface area is 232 Å². The predicted octanol–water partition coefficient (Wildman–Crippen LogP) is 1.41. The first kappa shape index (κ1) is 29.8. The van der Waals surface area contributed by atoms with Gasteiger partial charge < -0.3 is 32.5 Å². The first-order valence-corrected chi connectivity index (χ1v) is 12.9. The molecular formula is C28H36N8O4. The number of aliphatic hydroxyl groups excluding tert-OH is 1. The standard InChI is InChI=1S/C28H36N8O4/c1-4-16(2)35-27(39)21-9-20(10-22(29)11-21)23-13-33-26(34-17(3)15-37)28(40)36(23)14-24(38)32-12-18-5-7-19(8-6-18)25(30)31/h5-11,13,16-17,37H,4,12,14-15,29H2,1-3H3,(H3,30,31)(H,32,38)(H,33,34)(H,35,39)/t16-,17-/m0/s1. The Bertz CT molecular complexity index is 1440. The topological polar surface area (TPSA) is 201 Å². The Kier molecular flexibility index (Phi) is 9.98. The van der Waals surface area contributed by atoms with Crippen LogP contribution in [0.5, 0.6) is 0 Å². The van der Waals surface area contributed by atoms with Gasteiger partial charge in [0.05, 0.1) is 18.5 Å². The van der Waals surface area contributed by atoms with Crippen molar-refractivity contribution in [3.63, 3.8) is 0 Å². The van der Waals surface area contributed by atoms with Crippen LogP contribution in [0.4, 0.5) is 11.5 Å². The van der Waals surface area contributed by atoms with Crippen LogP contribution in [0.1, 0.15) is 48.7 Å². The molecule has 0 aliphatic heterocycles. The van der Waals surface area contributed by atoms with Crippen molar-refractivity contribution in [3.8, 4) is 11.3 Å². The molecule has 0 unspecified atom stereocenters. The largest absolute Gasteiger partial charge is 0.399 e. The minimum absolute atomic E-state index is 0.0310. The van der Waals surface area contributed by atoms with Crippen LogP contribution in [-0.4, -0.2) is 51.0 Å². The third-order valence-corrected chi connectivity index (χ3v) is 6.27. The number of nitrogen functional groups attached to an aromatic ring is 2. The molecule has 12 heteroatoms. The lowest BCUT2D eigenvalue weighted by atomic mass is 10.1. The fraction of sp³-hybridized carbons (Fsp3) is 0.321. The van der Waals surface area contributed by atoms with E-state index in [0.29, 0.717) is 22.4 Å². The number of nitrogens with zero attached hydrogens (tertiary/aromatic N) is 2. The van der Waals surface area contributed by atoms with Gasteiger partial charge in [0.2, 0.25) is 5.91 Å². The normalized spacial score (nSPS) is 12.3. The van der Waals surface area contributed by atoms with E-state index >= 15 is 0 Å². The molecule has 2 amide bonds. The molecule has 0 saturated carbocycles. The quantitative estimate of drug-likeness (QED) is 0.1000. The van der Waals surface area contributed by atoms with Crippen molar-refractivity contribution in [3.05, 3.63) is 75.7 Å². The molecule has 1 heterocycles. The summed E-state index contributed by atoms with van der Waals surface area (Å²) in [6, 6.07) is 11.1. The number of nitrogens with one attached hydrogen (secondary N) is 4. The van der Waals surface area contributed by atoms with Gasteiger partial charge in [0.15, 0.2) is 5.82 Å². The lowest BCUT2D eigenvalue weighted by Gasteiger charge is -2.18. The Morgan fingerprint density at radius 1 is 1.10 bits per heavy atom. The summed E-state index contributed by atoms with van der Waals surface area (Å²) in [6.45, 7) is 5.16. The molecule has 12 nitrogen and oxygen atoms in total. The van der Waals surface area contributed by atoms with E-state index in [9.17, 15) is 19.5 Å². The van der Waals surface area contributed by atoms with Crippen molar-refractivity contribution >= 4 is 29.2 Å². The maximum absolute atomic E-state index is 13.4. The summed E-state index contributed by atoms with van der Waals surface area (Å²) in [5.74, 6) is -0.836. The van der Waals surface area contributed by atoms with E-state index in [4.69, 9.17) is 16.9 Å². The molecule has 0 saturated heterocycles. The average molecular weight is 549 g/mol. The van der Waals surface area contributed by atoms with E-state index in [2.05, 4.69) is 20.9 Å². The molecule has 0 aliphatic carbocycles. The van der Waals surface area contributed by atoms with Gasteiger partial charge in [-0.1, -0.05) is 31.2 Å². The first-order chi connectivity index (χ1) is 19.0. The van der Waals surface area contributed by atoms with Crippen LogP contribution in [0.3, 0.4) is 0 Å². The molecule has 0 radical (unpaired) electrons. The number of hydrogen-bond donors (Lipinski definition) is 7. The van der Waals surface area contributed by atoms with Gasteiger partial charge >= 0.3 is 0 Å². The smallest absolute Gasteiger partial charge is 0.294 e. The van der Waals surface area contributed by atoms with Crippen LogP contribution in [0, 0.1) is 5.41 Å². The monoisotopic (exact) mass is 548 g/mol. The summed E-state index contributed by atoms with van der Waals surface area (Å²) in [6.07, 6.45) is 2.17. The minimum Gasteiger partial charge on any atom is -0.399 e. The summed E-state index contributed by atoms with van der Waals surface area (Å²) in [5, 5.41) is 25.4. The number of nitrogens with two attached hydrogens (primary N) is 2. The molecule has 1 aromatic heterocycles. The zero-order chi connectivity index (χ0) is 29.4. The fourth-order valence-electron chi connectivity index (χ4n) is 3.80. The van der Waals surface area contributed by atoms with E-state index in [-0.39, 0.29) is 49.0 Å². The molecule has 0 fully saturated rings. The van der Waals surface area contributed by atoms with Crippen LogP contribution in [0.15, 0.2) is 53.5 Å². The molecule has 212 valence electrons. The Morgan fingerprint density at radius 2 is 1.80 bits per heavy atom. The number of amides is 2. The first-order valence-electron chi connectivity index (χ1n) is 12.9. The van der Waals surface area contributed by atoms with Gasteiger partial charge in [0, 0.05) is 41.0 Å². The van der Waals surface area contributed by atoms with Crippen LogP contribution in [0.25, 0.3) is 11.3 Å². The van der Waals surface area contributed by atoms with Crippen molar-refractivity contribution in [2.24, 2.45) is 5.73 Å². The van der Waals surface area contributed by atoms with Gasteiger partial charge in [-0.2, -0.15) is 0 Å². The highest BCUT2D eigenvalue weighted by atomic mass is 16.3. The molecule has 2 atom stereocenters. The highest BCUT2D eigenvalue weighted by molar-refractivity contribution is 5.97. The van der Waals surface area contributed by atoms with Crippen molar-refractivity contribution in [2.75, 3.05) is 17.7 Å². The van der Waals surface area contributed by atoms with Crippen molar-refractivity contribution < 1.29 is 14.7 Å². The summed E-state index contributed by atoms with van der Waals surface area (Å²) in [7, 11) is 0. The van der Waals surface area contributed by atoms with Crippen molar-refractivity contribution in [2.45, 2.75) is 52.4 Å². The number of amidine groups is 1. The Morgan fingerprint density at radius 3 is 2.42 bits per heavy atom. The third-order valence-electron chi connectivity index (χ3n) is 6.27. The number of benzene rings is 2. The number of aromatic nitrogens is 2. The van der Waals surface area contributed by atoms with Gasteiger partial charge in [0.25, 0.3) is 11.5 Å². The number of carbonyl (C=O) groups excluding carboxylic acids is 2. The zero-order valence-electron chi connectivity index (χ0n) is 22.8. The third kappa shape index (κ3) is 7.67. The van der Waals surface area contributed by atoms with E-state index in [1.54, 1.807) is 49.4 Å². The number of carbonyl (C=O) groups is 2. The number of aliphatic hydroxyl groups is 1. The summed E-state index contributed by atoms with van der Waals surface area (Å²) in [5.41, 5.74) is 13.7. The minimum atomic E-state index is -0.577. The Balaban J connectivity index is 1.95. The van der Waals surface area contributed by atoms with Crippen LogP contribution in [0.2, 0.25) is 0 Å². The van der Waals surface area contributed by atoms with Gasteiger partial charge in [-0.15, -0.1) is 0 Å². The summed E-state index contributed by atoms with van der Waals surface area (Å²) in [4.78, 5) is 43.5. The van der Waals surface area contributed by atoms with Crippen molar-refractivity contribution in [1.82, 2.24) is 20.2 Å². The second-order valence-electron chi connectivity index (χ2n) is 9.63. The van der Waals surface area contributed by atoms with Gasteiger partial charge in [0.1, 0.15) is 12.4 Å². The molecule has 40 heavy (non-hydrogen) atoms. The Hall–Kier alpha value is -4.71. The molecule has 9 N–H and O–H groups in total. The maximum atomic E-state index is 13.4. The van der Waals surface area contributed by atoms with Gasteiger partial charge in [-0.05, 0) is 44.0 Å². The van der Waals surface area contributed by atoms with E-state index in [0.717, 1.165) is 12.0 Å².